The van der Waals surface area contributed by atoms with Crippen LogP contribution < -0.4 is 19.7 Å². The Bertz CT molecular complexity index is 1460. The summed E-state index contributed by atoms with van der Waals surface area (Å²) < 4.78 is 17.0. The fraction of sp³-hybridized carbons (Fsp3) is 0.172. The van der Waals surface area contributed by atoms with Crippen molar-refractivity contribution in [1.29, 1.82) is 0 Å². The zero-order chi connectivity index (χ0) is 28.1. The Morgan fingerprint density at radius 1 is 1.03 bits per heavy atom. The number of esters is 1. The van der Waals surface area contributed by atoms with E-state index in [2.05, 4.69) is 21.2 Å². The van der Waals surface area contributed by atoms with Gasteiger partial charge in [-0.2, -0.15) is 0 Å². The molecule has 3 aromatic rings. The van der Waals surface area contributed by atoms with Crippen molar-refractivity contribution in [3.8, 4) is 11.5 Å². The van der Waals surface area contributed by atoms with Gasteiger partial charge < -0.3 is 14.2 Å². The molecule has 1 aliphatic heterocycles. The minimum atomic E-state index is -0.898. The van der Waals surface area contributed by atoms with E-state index in [0.717, 1.165) is 16.0 Å². The number of ether oxygens (including phenoxy) is 3. The number of rotatable bonds is 8. The summed E-state index contributed by atoms with van der Waals surface area (Å²) in [7, 11) is 1.48. The zero-order valence-corrected chi connectivity index (χ0v) is 23.0. The number of hydrogen-bond acceptors (Lipinski definition) is 7. The molecule has 0 atom stereocenters. The van der Waals surface area contributed by atoms with Crippen molar-refractivity contribution in [3.05, 3.63) is 93.0 Å². The van der Waals surface area contributed by atoms with Crippen LogP contribution in [0, 0.1) is 6.92 Å². The van der Waals surface area contributed by atoms with Gasteiger partial charge in [-0.15, -0.1) is 0 Å². The molecule has 200 valence electrons. The summed E-state index contributed by atoms with van der Waals surface area (Å²) in [5.74, 6) is -1.34. The van der Waals surface area contributed by atoms with Gasteiger partial charge in [-0.1, -0.05) is 29.8 Å². The van der Waals surface area contributed by atoms with E-state index >= 15 is 0 Å². The van der Waals surface area contributed by atoms with E-state index < -0.39 is 23.8 Å². The summed E-state index contributed by atoms with van der Waals surface area (Å²) in [4.78, 5) is 51.2. The second kappa shape index (κ2) is 12.0. The number of carbonyl (C=O) groups is 4. The van der Waals surface area contributed by atoms with E-state index in [0.29, 0.717) is 28.1 Å². The maximum atomic E-state index is 13.3. The lowest BCUT2D eigenvalue weighted by Crippen LogP contribution is -2.54. The maximum absolute atomic E-state index is 13.3. The van der Waals surface area contributed by atoms with Crippen molar-refractivity contribution in [1.82, 2.24) is 5.32 Å². The molecule has 1 N–H and O–H groups in total. The molecule has 0 aliphatic carbocycles. The Morgan fingerprint density at radius 2 is 1.72 bits per heavy atom. The molecule has 3 aromatic carbocycles. The first-order chi connectivity index (χ1) is 18.7. The molecule has 1 saturated heterocycles. The standard InChI is InChI=1S/C29H25BrN2O7/c1-4-38-28(35)20-9-11-21(12-10-20)32-27(34)22(26(33)31-29(32)36)13-19-14-23(30)25(24(15-19)37-3)39-16-18-7-5-17(2)6-8-18/h5-15H,4,16H2,1-3H3,(H,31,33,36)/b22-13+. The number of halogens is 1. The minimum Gasteiger partial charge on any atom is -0.493 e. The number of benzene rings is 3. The van der Waals surface area contributed by atoms with E-state index in [-0.39, 0.29) is 23.4 Å². The third kappa shape index (κ3) is 6.18. The summed E-state index contributed by atoms with van der Waals surface area (Å²) in [6, 6.07) is 16.1. The molecule has 0 bridgehead atoms. The summed E-state index contributed by atoms with van der Waals surface area (Å²) in [5.41, 5.74) is 2.77. The van der Waals surface area contributed by atoms with Gasteiger partial charge in [-0.05, 0) is 83.4 Å². The topological polar surface area (TPSA) is 111 Å². The van der Waals surface area contributed by atoms with Crippen molar-refractivity contribution in [3.63, 3.8) is 0 Å². The average Bonchev–Trinajstić information content (AvgIpc) is 2.91. The smallest absolute Gasteiger partial charge is 0.338 e. The molecule has 4 amide bonds. The number of urea groups is 1. The maximum Gasteiger partial charge on any atom is 0.338 e. The van der Waals surface area contributed by atoms with Crippen LogP contribution >= 0.6 is 15.9 Å². The Kier molecular flexibility index (Phi) is 8.46. The lowest BCUT2D eigenvalue weighted by atomic mass is 10.1. The Hall–Kier alpha value is -4.44. The normalized spacial score (nSPS) is 14.3. The molecule has 0 unspecified atom stereocenters. The highest BCUT2D eigenvalue weighted by molar-refractivity contribution is 9.10. The SMILES string of the molecule is CCOC(=O)c1ccc(N2C(=O)NC(=O)/C(=C\c3cc(Br)c(OCc4ccc(C)cc4)c(OC)c3)C2=O)cc1. The number of hydrogen-bond donors (Lipinski definition) is 1. The number of imide groups is 2. The molecule has 1 heterocycles. The fourth-order valence-electron chi connectivity index (χ4n) is 3.82. The molecule has 0 radical (unpaired) electrons. The first kappa shape index (κ1) is 27.6. The quantitative estimate of drug-likeness (QED) is 0.218. The van der Waals surface area contributed by atoms with Gasteiger partial charge in [0.25, 0.3) is 11.8 Å². The molecule has 0 spiro atoms. The fourth-order valence-corrected chi connectivity index (χ4v) is 4.40. The number of amides is 4. The number of aryl methyl sites for hydroxylation is 1. The van der Waals surface area contributed by atoms with Gasteiger partial charge in [-0.3, -0.25) is 14.9 Å². The molecule has 39 heavy (non-hydrogen) atoms. The minimum absolute atomic E-state index is 0.183. The molecule has 4 rings (SSSR count). The van der Waals surface area contributed by atoms with Gasteiger partial charge in [0.05, 0.1) is 29.4 Å². The second-order valence-electron chi connectivity index (χ2n) is 8.53. The summed E-state index contributed by atoms with van der Waals surface area (Å²) >= 11 is 3.48. The van der Waals surface area contributed by atoms with Crippen LogP contribution in [0.5, 0.6) is 11.5 Å². The molecule has 1 aliphatic rings. The third-order valence-corrected chi connectivity index (χ3v) is 6.39. The Balaban J connectivity index is 1.60. The summed E-state index contributed by atoms with van der Waals surface area (Å²) in [5, 5.41) is 2.18. The number of nitrogens with one attached hydrogen (secondary N) is 1. The highest BCUT2D eigenvalue weighted by Gasteiger charge is 2.37. The predicted molar refractivity (Wildman–Crippen MR) is 148 cm³/mol. The number of barbiturate groups is 1. The zero-order valence-electron chi connectivity index (χ0n) is 21.4. The monoisotopic (exact) mass is 592 g/mol. The predicted octanol–water partition coefficient (Wildman–Crippen LogP) is 5.19. The molecule has 0 saturated carbocycles. The van der Waals surface area contributed by atoms with Crippen LogP contribution in [0.15, 0.2) is 70.7 Å². The van der Waals surface area contributed by atoms with E-state index in [1.807, 2.05) is 31.2 Å². The molecule has 10 heteroatoms. The first-order valence-electron chi connectivity index (χ1n) is 12.0. The van der Waals surface area contributed by atoms with E-state index in [9.17, 15) is 19.2 Å². The highest BCUT2D eigenvalue weighted by atomic mass is 79.9. The number of nitrogens with zero attached hydrogens (tertiary/aromatic N) is 1. The van der Waals surface area contributed by atoms with Crippen LogP contribution in [0.2, 0.25) is 0 Å². The molecule has 9 nitrogen and oxygen atoms in total. The highest BCUT2D eigenvalue weighted by Crippen LogP contribution is 2.38. The lowest BCUT2D eigenvalue weighted by Gasteiger charge is -2.26. The van der Waals surface area contributed by atoms with Gasteiger partial charge in [-0.25, -0.2) is 14.5 Å². The molecular formula is C29H25BrN2O7. The first-order valence-corrected chi connectivity index (χ1v) is 12.8. The van der Waals surface area contributed by atoms with Gasteiger partial charge in [0.15, 0.2) is 11.5 Å². The number of anilines is 1. The van der Waals surface area contributed by atoms with Gasteiger partial charge in [0, 0.05) is 0 Å². The second-order valence-corrected chi connectivity index (χ2v) is 9.39. The van der Waals surface area contributed by atoms with Crippen LogP contribution in [0.4, 0.5) is 10.5 Å². The molecule has 0 aromatic heterocycles. The van der Waals surface area contributed by atoms with Gasteiger partial charge in [0.2, 0.25) is 0 Å². The number of methoxy groups -OCH3 is 1. The van der Waals surface area contributed by atoms with Gasteiger partial charge in [0.1, 0.15) is 12.2 Å². The van der Waals surface area contributed by atoms with Crippen LogP contribution in [0.25, 0.3) is 6.08 Å². The van der Waals surface area contributed by atoms with E-state index in [1.54, 1.807) is 19.1 Å². The van der Waals surface area contributed by atoms with Crippen molar-refractivity contribution >= 4 is 51.5 Å². The average molecular weight is 593 g/mol. The van der Waals surface area contributed by atoms with Crippen molar-refractivity contribution in [2.75, 3.05) is 18.6 Å². The van der Waals surface area contributed by atoms with Crippen molar-refractivity contribution < 1.29 is 33.4 Å². The van der Waals surface area contributed by atoms with E-state index in [1.165, 1.54) is 37.5 Å². The van der Waals surface area contributed by atoms with E-state index in [4.69, 9.17) is 14.2 Å². The van der Waals surface area contributed by atoms with Crippen LogP contribution in [-0.2, 0) is 20.9 Å². The van der Waals surface area contributed by atoms with Crippen molar-refractivity contribution in [2.45, 2.75) is 20.5 Å². The van der Waals surface area contributed by atoms with Gasteiger partial charge >= 0.3 is 12.0 Å². The van der Waals surface area contributed by atoms with Crippen molar-refractivity contribution in [2.24, 2.45) is 0 Å². The number of carbonyl (C=O) groups excluding carboxylic acids is 4. The Labute approximate surface area is 233 Å². The van der Waals surface area contributed by atoms with Crippen LogP contribution in [0.1, 0.15) is 34.0 Å². The molecule has 1 fully saturated rings. The Morgan fingerprint density at radius 3 is 2.36 bits per heavy atom. The van der Waals surface area contributed by atoms with Crippen LogP contribution in [-0.4, -0.2) is 37.5 Å². The third-order valence-electron chi connectivity index (χ3n) is 5.80. The summed E-state index contributed by atoms with van der Waals surface area (Å²) in [6.07, 6.45) is 1.36. The van der Waals surface area contributed by atoms with Crippen LogP contribution in [0.3, 0.4) is 0 Å². The largest absolute Gasteiger partial charge is 0.493 e. The lowest BCUT2D eigenvalue weighted by molar-refractivity contribution is -0.122. The summed E-state index contributed by atoms with van der Waals surface area (Å²) in [6.45, 7) is 4.22. The molecular weight excluding hydrogens is 568 g/mol.